The van der Waals surface area contributed by atoms with Gasteiger partial charge in [-0.2, -0.15) is 0 Å². The highest BCUT2D eigenvalue weighted by atomic mass is 14.9. The molecule has 2 aromatic rings. The van der Waals surface area contributed by atoms with E-state index in [0.717, 1.165) is 13.0 Å². The van der Waals surface area contributed by atoms with Crippen LogP contribution in [0.5, 0.6) is 0 Å². The molecule has 1 heterocycles. The van der Waals surface area contributed by atoms with Gasteiger partial charge in [0.15, 0.2) is 0 Å². The summed E-state index contributed by atoms with van der Waals surface area (Å²) in [6.45, 7) is 1.02. The molecule has 0 fully saturated rings. The lowest BCUT2D eigenvalue weighted by molar-refractivity contribution is 0.536. The number of hydrogen-bond donors (Lipinski definition) is 3. The van der Waals surface area contributed by atoms with Gasteiger partial charge >= 0.3 is 0 Å². The van der Waals surface area contributed by atoms with Crippen molar-refractivity contribution in [3.63, 3.8) is 0 Å². The van der Waals surface area contributed by atoms with Crippen molar-refractivity contribution in [3.05, 3.63) is 36.0 Å². The molecule has 1 aromatic carbocycles. The fourth-order valence-electron chi connectivity index (χ4n) is 2.13. The number of hydrogen-bond acceptors (Lipinski definition) is 2. The molecule has 1 atom stereocenters. The molecule has 0 aliphatic rings. The molecule has 2 rings (SSSR count). The number of aromatic nitrogens is 1. The number of rotatable bonds is 5. The quantitative estimate of drug-likeness (QED) is 0.717. The largest absolute Gasteiger partial charge is 0.361 e. The molecule has 1 aromatic heterocycles. The first kappa shape index (κ1) is 11.2. The Hall–Kier alpha value is -1.32. The van der Waals surface area contributed by atoms with E-state index in [0.29, 0.717) is 6.04 Å². The molecule has 0 amide bonds. The number of fused-ring (bicyclic) bond motifs is 1. The minimum absolute atomic E-state index is 0.406. The van der Waals surface area contributed by atoms with Gasteiger partial charge in [-0.3, -0.25) is 0 Å². The number of nitrogens with one attached hydrogen (secondary N) is 3. The van der Waals surface area contributed by atoms with Crippen LogP contribution in [-0.2, 0) is 0 Å². The lowest BCUT2D eigenvalue weighted by atomic mass is 10.0. The average Bonchev–Trinajstić information content (AvgIpc) is 2.75. The second-order valence-corrected chi connectivity index (χ2v) is 4.02. The molecule has 0 bridgehead atoms. The Morgan fingerprint density at radius 2 is 2.06 bits per heavy atom. The van der Waals surface area contributed by atoms with Gasteiger partial charge in [0.1, 0.15) is 0 Å². The standard InChI is InChI=1S/C13H19N3/c1-14-8-7-12(15-2)11-9-16-13-6-4-3-5-10(11)13/h3-6,9,12,14-16H,7-8H2,1-2H3. The second kappa shape index (κ2) is 5.14. The monoisotopic (exact) mass is 217 g/mol. The molecule has 0 saturated heterocycles. The molecule has 0 saturated carbocycles. The Morgan fingerprint density at radius 1 is 1.25 bits per heavy atom. The Bertz CT molecular complexity index is 447. The fourth-order valence-corrected chi connectivity index (χ4v) is 2.13. The smallest absolute Gasteiger partial charge is 0.0457 e. The lowest BCUT2D eigenvalue weighted by Crippen LogP contribution is -2.21. The minimum atomic E-state index is 0.406. The van der Waals surface area contributed by atoms with Gasteiger partial charge in [-0.05, 0) is 38.7 Å². The Kier molecular flexibility index (Phi) is 3.59. The molecule has 3 N–H and O–H groups in total. The van der Waals surface area contributed by atoms with Crippen LogP contribution in [0, 0.1) is 0 Å². The van der Waals surface area contributed by atoms with Crippen LogP contribution in [0.4, 0.5) is 0 Å². The Morgan fingerprint density at radius 3 is 2.81 bits per heavy atom. The van der Waals surface area contributed by atoms with Crippen molar-refractivity contribution in [1.29, 1.82) is 0 Å². The van der Waals surface area contributed by atoms with Crippen LogP contribution in [0.15, 0.2) is 30.5 Å². The summed E-state index contributed by atoms with van der Waals surface area (Å²) < 4.78 is 0. The summed E-state index contributed by atoms with van der Waals surface area (Å²) in [6.07, 6.45) is 3.20. The van der Waals surface area contributed by atoms with E-state index in [-0.39, 0.29) is 0 Å². The first-order chi connectivity index (χ1) is 7.86. The highest BCUT2D eigenvalue weighted by Crippen LogP contribution is 2.25. The third-order valence-corrected chi connectivity index (χ3v) is 3.03. The molecule has 3 nitrogen and oxygen atoms in total. The summed E-state index contributed by atoms with van der Waals surface area (Å²) >= 11 is 0. The predicted octanol–water partition coefficient (Wildman–Crippen LogP) is 2.04. The van der Waals surface area contributed by atoms with Gasteiger partial charge in [0.05, 0.1) is 0 Å². The van der Waals surface area contributed by atoms with Crippen LogP contribution in [-0.4, -0.2) is 25.6 Å². The van der Waals surface area contributed by atoms with E-state index in [1.54, 1.807) is 0 Å². The van der Waals surface area contributed by atoms with Gasteiger partial charge in [-0.1, -0.05) is 18.2 Å². The van der Waals surface area contributed by atoms with E-state index in [1.165, 1.54) is 16.5 Å². The van der Waals surface area contributed by atoms with E-state index < -0.39 is 0 Å². The zero-order valence-electron chi connectivity index (χ0n) is 9.88. The Balaban J connectivity index is 2.30. The Labute approximate surface area is 96.2 Å². The number of aromatic amines is 1. The predicted molar refractivity (Wildman–Crippen MR) is 68.6 cm³/mol. The van der Waals surface area contributed by atoms with Crippen LogP contribution < -0.4 is 10.6 Å². The zero-order valence-corrected chi connectivity index (χ0v) is 9.88. The van der Waals surface area contributed by atoms with E-state index in [2.05, 4.69) is 46.1 Å². The first-order valence-corrected chi connectivity index (χ1v) is 5.74. The van der Waals surface area contributed by atoms with Gasteiger partial charge in [0.2, 0.25) is 0 Å². The van der Waals surface area contributed by atoms with Crippen molar-refractivity contribution in [2.45, 2.75) is 12.5 Å². The fraction of sp³-hybridized carbons (Fsp3) is 0.385. The molecule has 0 aliphatic heterocycles. The molecule has 86 valence electrons. The van der Waals surface area contributed by atoms with E-state index in [1.807, 2.05) is 14.1 Å². The van der Waals surface area contributed by atoms with Crippen molar-refractivity contribution in [2.75, 3.05) is 20.6 Å². The highest BCUT2D eigenvalue weighted by Gasteiger charge is 2.12. The van der Waals surface area contributed by atoms with Crippen LogP contribution in [0.3, 0.4) is 0 Å². The maximum atomic E-state index is 3.37. The van der Waals surface area contributed by atoms with Gasteiger partial charge in [0, 0.05) is 23.1 Å². The number of para-hydroxylation sites is 1. The summed E-state index contributed by atoms with van der Waals surface area (Å²) in [5.74, 6) is 0. The van der Waals surface area contributed by atoms with Crippen LogP contribution >= 0.6 is 0 Å². The molecular formula is C13H19N3. The number of benzene rings is 1. The average molecular weight is 217 g/mol. The zero-order chi connectivity index (χ0) is 11.4. The van der Waals surface area contributed by atoms with E-state index in [9.17, 15) is 0 Å². The maximum Gasteiger partial charge on any atom is 0.0457 e. The van der Waals surface area contributed by atoms with Gasteiger partial charge < -0.3 is 15.6 Å². The van der Waals surface area contributed by atoms with Crippen molar-refractivity contribution in [1.82, 2.24) is 15.6 Å². The molecule has 16 heavy (non-hydrogen) atoms. The highest BCUT2D eigenvalue weighted by molar-refractivity contribution is 5.83. The van der Waals surface area contributed by atoms with E-state index >= 15 is 0 Å². The molecule has 0 spiro atoms. The molecule has 1 unspecified atom stereocenters. The SMILES string of the molecule is CNCCC(NC)c1c[nH]c2ccccc12. The first-order valence-electron chi connectivity index (χ1n) is 5.74. The van der Waals surface area contributed by atoms with Crippen molar-refractivity contribution < 1.29 is 0 Å². The summed E-state index contributed by atoms with van der Waals surface area (Å²) in [4.78, 5) is 3.32. The molecular weight excluding hydrogens is 198 g/mol. The summed E-state index contributed by atoms with van der Waals surface area (Å²) in [5, 5.41) is 7.88. The molecule has 3 heteroatoms. The lowest BCUT2D eigenvalue weighted by Gasteiger charge is -2.15. The maximum absolute atomic E-state index is 3.37. The summed E-state index contributed by atoms with van der Waals surface area (Å²) in [6, 6.07) is 8.84. The normalized spacial score (nSPS) is 13.1. The van der Waals surface area contributed by atoms with Crippen LogP contribution in [0.25, 0.3) is 10.9 Å². The minimum Gasteiger partial charge on any atom is -0.361 e. The third kappa shape index (κ3) is 2.10. The van der Waals surface area contributed by atoms with Gasteiger partial charge in [-0.15, -0.1) is 0 Å². The van der Waals surface area contributed by atoms with Gasteiger partial charge in [-0.25, -0.2) is 0 Å². The van der Waals surface area contributed by atoms with Gasteiger partial charge in [0.25, 0.3) is 0 Å². The molecule has 0 aliphatic carbocycles. The summed E-state index contributed by atoms with van der Waals surface area (Å²) in [5.41, 5.74) is 2.57. The topological polar surface area (TPSA) is 39.8 Å². The van der Waals surface area contributed by atoms with Crippen molar-refractivity contribution >= 4 is 10.9 Å². The van der Waals surface area contributed by atoms with Crippen LogP contribution in [0.1, 0.15) is 18.0 Å². The van der Waals surface area contributed by atoms with E-state index in [4.69, 9.17) is 0 Å². The summed E-state index contributed by atoms with van der Waals surface area (Å²) in [7, 11) is 4.00. The third-order valence-electron chi connectivity index (χ3n) is 3.03. The van der Waals surface area contributed by atoms with Crippen molar-refractivity contribution in [3.8, 4) is 0 Å². The number of H-pyrrole nitrogens is 1. The second-order valence-electron chi connectivity index (χ2n) is 4.02. The van der Waals surface area contributed by atoms with Crippen LogP contribution in [0.2, 0.25) is 0 Å². The molecule has 0 radical (unpaired) electrons. The van der Waals surface area contributed by atoms with Crippen molar-refractivity contribution in [2.24, 2.45) is 0 Å².